The van der Waals surface area contributed by atoms with Gasteiger partial charge in [0.15, 0.2) is 5.82 Å². The summed E-state index contributed by atoms with van der Waals surface area (Å²) in [6.45, 7) is 3.99. The van der Waals surface area contributed by atoms with Gasteiger partial charge in [-0.25, -0.2) is 0 Å². The van der Waals surface area contributed by atoms with Crippen LogP contribution in [-0.2, 0) is 11.2 Å². The number of allylic oxidation sites excluding steroid dienone is 3. The Balaban J connectivity index is 2.49. The lowest BCUT2D eigenvalue weighted by atomic mass is 10.2. The van der Waals surface area contributed by atoms with Gasteiger partial charge in [0.1, 0.15) is 0 Å². The van der Waals surface area contributed by atoms with Crippen molar-refractivity contribution in [3.8, 4) is 0 Å². The molecule has 4 nitrogen and oxygen atoms in total. The van der Waals surface area contributed by atoms with E-state index < -0.39 is 0 Å². The molecule has 0 fully saturated rings. The lowest BCUT2D eigenvalue weighted by Crippen LogP contribution is -2.07. The number of H-pyrrole nitrogens is 1. The topological polar surface area (TPSA) is 57.8 Å². The third kappa shape index (κ3) is 4.13. The predicted molar refractivity (Wildman–Crippen MR) is 65.2 cm³/mol. The first-order valence-corrected chi connectivity index (χ1v) is 5.41. The van der Waals surface area contributed by atoms with Gasteiger partial charge in [0.25, 0.3) is 0 Å². The van der Waals surface area contributed by atoms with Crippen LogP contribution in [0, 0.1) is 0 Å². The Labute approximate surface area is 95.4 Å². The highest BCUT2D eigenvalue weighted by Gasteiger charge is 2.02. The number of hydrogen-bond donors (Lipinski definition) is 2. The van der Waals surface area contributed by atoms with E-state index in [0.29, 0.717) is 5.82 Å². The Morgan fingerprint density at radius 2 is 2.38 bits per heavy atom. The summed E-state index contributed by atoms with van der Waals surface area (Å²) in [7, 11) is 0. The minimum atomic E-state index is -0.173. The fraction of sp³-hybridized carbons (Fsp3) is 0.333. The van der Waals surface area contributed by atoms with Crippen molar-refractivity contribution in [1.82, 2.24) is 10.2 Å². The summed E-state index contributed by atoms with van der Waals surface area (Å²) in [6, 6.07) is 1.85. The van der Waals surface area contributed by atoms with Crippen LogP contribution in [0.15, 0.2) is 30.4 Å². The Kier molecular flexibility index (Phi) is 5.05. The average molecular weight is 219 g/mol. The number of amides is 1. The van der Waals surface area contributed by atoms with Crippen LogP contribution in [0.2, 0.25) is 0 Å². The molecule has 0 radical (unpaired) electrons. The number of hydrogen-bond acceptors (Lipinski definition) is 2. The lowest BCUT2D eigenvalue weighted by molar-refractivity contribution is -0.111. The predicted octanol–water partition coefficient (Wildman–Crippen LogP) is 2.43. The van der Waals surface area contributed by atoms with Crippen molar-refractivity contribution < 1.29 is 4.79 Å². The van der Waals surface area contributed by atoms with Crippen LogP contribution in [0.5, 0.6) is 0 Å². The van der Waals surface area contributed by atoms with Gasteiger partial charge >= 0.3 is 0 Å². The maximum absolute atomic E-state index is 11.4. The molecule has 0 aromatic carbocycles. The van der Waals surface area contributed by atoms with E-state index >= 15 is 0 Å². The first-order chi connectivity index (χ1) is 7.76. The van der Waals surface area contributed by atoms with E-state index in [2.05, 4.69) is 22.4 Å². The molecule has 1 amide bonds. The van der Waals surface area contributed by atoms with Gasteiger partial charge in [0, 0.05) is 17.8 Å². The normalized spacial score (nSPS) is 11.4. The second-order valence-corrected chi connectivity index (χ2v) is 3.40. The Bertz CT molecular complexity index is 391. The van der Waals surface area contributed by atoms with Crippen LogP contribution in [0.25, 0.3) is 0 Å². The number of anilines is 1. The summed E-state index contributed by atoms with van der Waals surface area (Å²) in [4.78, 5) is 11.4. The minimum absolute atomic E-state index is 0.173. The van der Waals surface area contributed by atoms with Crippen LogP contribution in [-0.4, -0.2) is 16.1 Å². The first-order valence-electron chi connectivity index (χ1n) is 5.41. The molecule has 0 unspecified atom stereocenters. The SMILES string of the molecule is CC=CC=CC(=O)Nc1cc(CCC)[nH]n1. The summed E-state index contributed by atoms with van der Waals surface area (Å²) in [5, 5.41) is 9.55. The van der Waals surface area contributed by atoms with E-state index in [1.54, 1.807) is 12.2 Å². The summed E-state index contributed by atoms with van der Waals surface area (Å²) in [5.74, 6) is 0.395. The Morgan fingerprint density at radius 1 is 1.56 bits per heavy atom. The summed E-state index contributed by atoms with van der Waals surface area (Å²) in [5.41, 5.74) is 1.04. The molecule has 1 heterocycles. The zero-order valence-electron chi connectivity index (χ0n) is 9.66. The number of carbonyl (C=O) groups is 1. The van der Waals surface area contributed by atoms with Gasteiger partial charge in [-0.15, -0.1) is 0 Å². The number of aromatic amines is 1. The van der Waals surface area contributed by atoms with Crippen molar-refractivity contribution in [3.63, 3.8) is 0 Å². The number of nitrogens with one attached hydrogen (secondary N) is 2. The molecular weight excluding hydrogens is 202 g/mol. The molecule has 0 saturated heterocycles. The molecule has 1 aromatic rings. The van der Waals surface area contributed by atoms with Crippen molar-refractivity contribution in [3.05, 3.63) is 36.1 Å². The first kappa shape index (κ1) is 12.2. The van der Waals surface area contributed by atoms with Gasteiger partial charge in [0.05, 0.1) is 0 Å². The van der Waals surface area contributed by atoms with E-state index in [-0.39, 0.29) is 5.91 Å². The van der Waals surface area contributed by atoms with Crippen molar-refractivity contribution in [1.29, 1.82) is 0 Å². The molecule has 0 aliphatic heterocycles. The number of carbonyl (C=O) groups excluding carboxylic acids is 1. The fourth-order valence-corrected chi connectivity index (χ4v) is 1.25. The summed E-state index contributed by atoms with van der Waals surface area (Å²) < 4.78 is 0. The maximum Gasteiger partial charge on any atom is 0.249 e. The van der Waals surface area contributed by atoms with E-state index in [1.165, 1.54) is 6.08 Å². The summed E-state index contributed by atoms with van der Waals surface area (Å²) in [6.07, 6.45) is 8.81. The number of rotatable bonds is 5. The second kappa shape index (κ2) is 6.61. The quantitative estimate of drug-likeness (QED) is 0.590. The van der Waals surface area contributed by atoms with Crippen LogP contribution < -0.4 is 5.32 Å². The molecule has 1 rings (SSSR count). The molecule has 16 heavy (non-hydrogen) atoms. The standard InChI is InChI=1S/C12H17N3O/c1-3-5-6-8-12(16)13-11-9-10(7-4-2)14-15-11/h3,5-6,8-9H,4,7H2,1-2H3,(H2,13,14,15,16). The highest BCUT2D eigenvalue weighted by Crippen LogP contribution is 2.06. The van der Waals surface area contributed by atoms with E-state index in [0.717, 1.165) is 18.5 Å². The summed E-state index contributed by atoms with van der Waals surface area (Å²) >= 11 is 0. The zero-order valence-corrected chi connectivity index (χ0v) is 9.66. The molecule has 0 bridgehead atoms. The van der Waals surface area contributed by atoms with Gasteiger partial charge in [-0.3, -0.25) is 9.89 Å². The highest BCUT2D eigenvalue weighted by atomic mass is 16.1. The van der Waals surface area contributed by atoms with Crippen molar-refractivity contribution in [2.24, 2.45) is 0 Å². The lowest BCUT2D eigenvalue weighted by Gasteiger charge is -1.94. The highest BCUT2D eigenvalue weighted by molar-refractivity contribution is 5.98. The molecule has 2 N–H and O–H groups in total. The van der Waals surface area contributed by atoms with Crippen molar-refractivity contribution in [2.45, 2.75) is 26.7 Å². The largest absolute Gasteiger partial charge is 0.306 e. The Morgan fingerprint density at radius 3 is 3.06 bits per heavy atom. The monoisotopic (exact) mass is 219 g/mol. The van der Waals surface area contributed by atoms with Gasteiger partial charge in [-0.05, 0) is 13.3 Å². The van der Waals surface area contributed by atoms with Crippen LogP contribution >= 0.6 is 0 Å². The van der Waals surface area contributed by atoms with E-state index in [4.69, 9.17) is 0 Å². The van der Waals surface area contributed by atoms with E-state index in [1.807, 2.05) is 19.1 Å². The van der Waals surface area contributed by atoms with Crippen molar-refractivity contribution >= 4 is 11.7 Å². The van der Waals surface area contributed by atoms with Crippen LogP contribution in [0.1, 0.15) is 26.0 Å². The molecule has 0 aliphatic carbocycles. The number of aromatic nitrogens is 2. The third-order valence-electron chi connectivity index (χ3n) is 1.95. The zero-order chi connectivity index (χ0) is 11.8. The molecule has 0 aliphatic rings. The molecule has 0 spiro atoms. The van der Waals surface area contributed by atoms with Gasteiger partial charge in [-0.1, -0.05) is 31.6 Å². The minimum Gasteiger partial charge on any atom is -0.306 e. The van der Waals surface area contributed by atoms with Gasteiger partial charge in [0.2, 0.25) is 5.91 Å². The molecule has 86 valence electrons. The van der Waals surface area contributed by atoms with Gasteiger partial charge in [-0.2, -0.15) is 5.10 Å². The molecule has 4 heteroatoms. The van der Waals surface area contributed by atoms with Gasteiger partial charge < -0.3 is 5.32 Å². The van der Waals surface area contributed by atoms with Crippen LogP contribution in [0.3, 0.4) is 0 Å². The molecular formula is C12H17N3O. The third-order valence-corrected chi connectivity index (χ3v) is 1.95. The van der Waals surface area contributed by atoms with Crippen LogP contribution in [0.4, 0.5) is 5.82 Å². The molecule has 0 saturated carbocycles. The Hall–Kier alpha value is -1.84. The average Bonchev–Trinajstić information content (AvgIpc) is 2.66. The number of aryl methyl sites for hydroxylation is 1. The molecule has 0 atom stereocenters. The maximum atomic E-state index is 11.4. The smallest absolute Gasteiger partial charge is 0.249 e. The van der Waals surface area contributed by atoms with Crippen molar-refractivity contribution in [2.75, 3.05) is 5.32 Å². The fourth-order valence-electron chi connectivity index (χ4n) is 1.25. The second-order valence-electron chi connectivity index (χ2n) is 3.40. The van der Waals surface area contributed by atoms with E-state index in [9.17, 15) is 4.79 Å². The molecule has 1 aromatic heterocycles. The number of nitrogens with zero attached hydrogens (tertiary/aromatic N) is 1.